The Bertz CT molecular complexity index is 3030. The van der Waals surface area contributed by atoms with Gasteiger partial charge in [-0.3, -0.25) is 18.9 Å². The van der Waals surface area contributed by atoms with Crippen molar-refractivity contribution < 1.29 is 65.5 Å². The lowest BCUT2D eigenvalue weighted by molar-refractivity contribution is -0.143. The van der Waals surface area contributed by atoms with Gasteiger partial charge in [0.1, 0.15) is 40.9 Å². The van der Waals surface area contributed by atoms with Crippen LogP contribution in [0.4, 0.5) is 49.7 Å². The molecule has 2 aromatic carbocycles. The number of nitrogens with zero attached hydrogens (tertiary/aromatic N) is 5. The van der Waals surface area contributed by atoms with Gasteiger partial charge in [0.15, 0.2) is 21.3 Å². The first-order valence-corrected chi connectivity index (χ1v) is 22.9. The maximum Gasteiger partial charge on any atom is 0.435 e. The molecule has 1 amide bonds. The van der Waals surface area contributed by atoms with Crippen molar-refractivity contribution in [2.75, 3.05) is 17.2 Å². The van der Waals surface area contributed by atoms with E-state index in [1.54, 1.807) is 0 Å². The Morgan fingerprint density at radius 3 is 2.18 bits per heavy atom. The fraction of sp³-hybridized carbons (Fsp3) is 0.350. The Morgan fingerprint density at radius 1 is 0.985 bits per heavy atom. The predicted octanol–water partition coefficient (Wildman–Crippen LogP) is 7.90. The molecule has 0 fully saturated rings. The number of alkyl halides is 8. The topological polar surface area (TPSA) is 158 Å². The summed E-state index contributed by atoms with van der Waals surface area (Å²) in [7, 11) is -8.08. The van der Waals surface area contributed by atoms with E-state index in [4.69, 9.17) is 11.6 Å². The highest BCUT2D eigenvalue weighted by Gasteiger charge is 2.55. The van der Waals surface area contributed by atoms with Crippen molar-refractivity contribution in [2.45, 2.75) is 68.8 Å². The van der Waals surface area contributed by atoms with Crippen molar-refractivity contribution in [1.29, 1.82) is 0 Å². The van der Waals surface area contributed by atoms with Gasteiger partial charge in [0, 0.05) is 29.0 Å². The van der Waals surface area contributed by atoms with E-state index in [1.807, 2.05) is 4.72 Å². The molecule has 0 spiro atoms. The molecule has 5 aromatic rings. The molecule has 0 unspecified atom stereocenters. The molecule has 1 aliphatic rings. The molecular formula is C40H34ClF10N7O5S2. The number of nitrogens with one attached hydrogen (secondary N) is 2. The molecule has 0 radical (unpaired) electrons. The number of fused-ring (bicyclic) bond motifs is 2. The third-order valence-corrected chi connectivity index (χ3v) is 13.1. The Morgan fingerprint density at radius 2 is 1.62 bits per heavy atom. The van der Waals surface area contributed by atoms with Gasteiger partial charge in [-0.2, -0.15) is 45.3 Å². The second kappa shape index (κ2) is 17.0. The number of carbonyl (C=O) groups excluding carboxylic acids is 1. The molecule has 1 aliphatic carbocycles. The molecule has 3 heterocycles. The predicted molar refractivity (Wildman–Crippen MR) is 218 cm³/mol. The quantitative estimate of drug-likeness (QED) is 0.0726. The maximum atomic E-state index is 15.6. The first-order valence-electron chi connectivity index (χ1n) is 18.7. The Labute approximate surface area is 369 Å². The molecule has 3 aromatic heterocycles. The van der Waals surface area contributed by atoms with Crippen LogP contribution in [0.25, 0.3) is 22.0 Å². The van der Waals surface area contributed by atoms with Gasteiger partial charge >= 0.3 is 12.4 Å². The fourth-order valence-corrected chi connectivity index (χ4v) is 8.07. The summed E-state index contributed by atoms with van der Waals surface area (Å²) >= 11 is 6.46. The van der Waals surface area contributed by atoms with Gasteiger partial charge in [0.25, 0.3) is 5.92 Å². The summed E-state index contributed by atoms with van der Waals surface area (Å²) in [6.45, 7) is 2.66. The highest BCUT2D eigenvalue weighted by molar-refractivity contribution is 7.92. The SMILES string of the molecule is C=C[C@@H]1Cc2c(C(F)(F)F)nn(CC(=O)N[C@@H](Cc3cc(F)cc(F)c3)c3nc(C#CC(C)(C)S(C)(=O)=O)ccc3-c3ccc(Cl)c4c(NS(C)(=O)=O)nn(CC(F)(F)F)c34)c2C1(F)F. The minimum atomic E-state index is -5.24. The number of sulfonamides is 1. The van der Waals surface area contributed by atoms with Gasteiger partial charge in [-0.05, 0) is 68.5 Å². The third-order valence-electron chi connectivity index (χ3n) is 10.2. The van der Waals surface area contributed by atoms with Crippen LogP contribution < -0.4 is 10.0 Å². The van der Waals surface area contributed by atoms with Gasteiger partial charge in [0.2, 0.25) is 15.9 Å². The first-order chi connectivity index (χ1) is 29.8. The average Bonchev–Trinajstić information content (AvgIpc) is 3.77. The molecule has 65 heavy (non-hydrogen) atoms. The van der Waals surface area contributed by atoms with E-state index in [2.05, 4.69) is 38.9 Å². The molecule has 348 valence electrons. The van der Waals surface area contributed by atoms with E-state index in [1.165, 1.54) is 32.0 Å². The monoisotopic (exact) mass is 981 g/mol. The van der Waals surface area contributed by atoms with Gasteiger partial charge in [-0.15, -0.1) is 6.58 Å². The Kier molecular flexibility index (Phi) is 12.7. The molecule has 0 saturated carbocycles. The summed E-state index contributed by atoms with van der Waals surface area (Å²) in [6.07, 6.45) is -9.38. The molecule has 12 nitrogen and oxygen atoms in total. The van der Waals surface area contributed by atoms with Gasteiger partial charge in [0.05, 0.1) is 39.8 Å². The molecular weight excluding hydrogens is 948 g/mol. The summed E-state index contributed by atoms with van der Waals surface area (Å²) in [5, 5.41) is 8.93. The van der Waals surface area contributed by atoms with E-state index in [9.17, 15) is 56.8 Å². The summed E-state index contributed by atoms with van der Waals surface area (Å²) in [4.78, 5) is 18.5. The van der Waals surface area contributed by atoms with Crippen LogP contribution >= 0.6 is 11.6 Å². The lowest BCUT2D eigenvalue weighted by Gasteiger charge is -2.23. The number of aromatic nitrogens is 5. The minimum Gasteiger partial charge on any atom is -0.346 e. The molecule has 6 rings (SSSR count). The number of halogens is 11. The third kappa shape index (κ3) is 10.4. The number of anilines is 1. The molecule has 2 atom stereocenters. The average molecular weight is 982 g/mol. The van der Waals surface area contributed by atoms with Gasteiger partial charge in [-0.1, -0.05) is 29.7 Å². The molecule has 0 aliphatic heterocycles. The standard InChI is InChI=1S/C40H34ClF10N7O5S2/c1-6-21-16-27-34(40(49,50)51)54-57(35(27)39(21,47)48)18-30(59)53-29(15-20-13-22(42)17-23(43)14-20)32-25(8-7-24(52-32)11-12-37(2,3)64(4,60)61)26-9-10-28(41)31-33(26)58(19-38(44,45)46)55-36(31)56-65(5,62)63/h6-10,13-14,17,21,29H,1,15-16,18-19H2,2-5H3,(H,53,59)(H,55,56)/t21-,29+/m1/s1. The molecule has 2 N–H and O–H groups in total. The number of allylic oxidation sites excluding steroid dienone is 1. The number of hydrogen-bond acceptors (Lipinski definition) is 8. The Hall–Kier alpha value is -5.67. The maximum absolute atomic E-state index is 15.6. The number of rotatable bonds is 12. The summed E-state index contributed by atoms with van der Waals surface area (Å²) in [5.74, 6) is -4.88. The second-order valence-corrected chi connectivity index (χ2v) is 20.3. The van der Waals surface area contributed by atoms with Crippen molar-refractivity contribution in [3.8, 4) is 23.0 Å². The summed E-state index contributed by atoms with van der Waals surface area (Å²) < 4.78 is 196. The van der Waals surface area contributed by atoms with E-state index in [0.29, 0.717) is 17.0 Å². The van der Waals surface area contributed by atoms with E-state index >= 15 is 8.78 Å². The van der Waals surface area contributed by atoms with Gasteiger partial charge < -0.3 is 5.32 Å². The molecule has 0 bridgehead atoms. The van der Waals surface area contributed by atoms with Crippen LogP contribution in [0.2, 0.25) is 5.02 Å². The highest BCUT2D eigenvalue weighted by atomic mass is 35.5. The van der Waals surface area contributed by atoms with Crippen molar-refractivity contribution in [2.24, 2.45) is 5.92 Å². The lowest BCUT2D eigenvalue weighted by atomic mass is 9.93. The van der Waals surface area contributed by atoms with Crippen molar-refractivity contribution >= 4 is 54.1 Å². The minimum absolute atomic E-state index is 0.161. The van der Waals surface area contributed by atoms with Crippen LogP contribution in [-0.2, 0) is 62.7 Å². The van der Waals surface area contributed by atoms with Crippen LogP contribution in [0.15, 0.2) is 55.1 Å². The Balaban J connectivity index is 1.62. The number of hydrogen-bond donors (Lipinski definition) is 2. The zero-order chi connectivity index (χ0) is 48.4. The number of carbonyl (C=O) groups is 1. The smallest absolute Gasteiger partial charge is 0.346 e. The van der Waals surface area contributed by atoms with Crippen LogP contribution in [-0.4, -0.2) is 70.7 Å². The lowest BCUT2D eigenvalue weighted by Crippen LogP contribution is -2.35. The van der Waals surface area contributed by atoms with Crippen LogP contribution in [0, 0.1) is 29.4 Å². The normalized spacial score (nSPS) is 15.9. The number of sulfone groups is 1. The fourth-order valence-electron chi connectivity index (χ4n) is 7.09. The largest absolute Gasteiger partial charge is 0.435 e. The number of pyridine rings is 1. The zero-order valence-corrected chi connectivity index (χ0v) is 36.4. The van der Waals surface area contributed by atoms with E-state index in [0.717, 1.165) is 30.5 Å². The van der Waals surface area contributed by atoms with Crippen LogP contribution in [0.5, 0.6) is 0 Å². The zero-order valence-electron chi connectivity index (χ0n) is 34.1. The van der Waals surface area contributed by atoms with Gasteiger partial charge in [-0.25, -0.2) is 30.6 Å². The number of benzene rings is 2. The second-order valence-electron chi connectivity index (χ2n) is 15.6. The molecule has 0 saturated heterocycles. The van der Waals surface area contributed by atoms with Crippen molar-refractivity contribution in [3.63, 3.8) is 0 Å². The van der Waals surface area contributed by atoms with E-state index < -0.39 is 132 Å². The molecule has 25 heteroatoms. The first kappa shape index (κ1) is 48.8. The summed E-state index contributed by atoms with van der Waals surface area (Å²) in [6, 6.07) is 5.15. The van der Waals surface area contributed by atoms with Crippen molar-refractivity contribution in [1.82, 2.24) is 29.9 Å². The van der Waals surface area contributed by atoms with E-state index in [-0.39, 0.29) is 37.5 Å². The summed E-state index contributed by atoms with van der Waals surface area (Å²) in [5.41, 5.74) is -5.57. The van der Waals surface area contributed by atoms with Crippen molar-refractivity contribution in [3.05, 3.63) is 106 Å². The van der Waals surface area contributed by atoms with Crippen LogP contribution in [0.1, 0.15) is 53.8 Å². The van der Waals surface area contributed by atoms with Crippen LogP contribution in [0.3, 0.4) is 0 Å². The number of amides is 1. The highest BCUT2D eigenvalue weighted by Crippen LogP contribution is 2.50.